The van der Waals surface area contributed by atoms with Crippen molar-refractivity contribution in [2.75, 3.05) is 26.1 Å². The number of benzene rings is 2. The van der Waals surface area contributed by atoms with Crippen molar-refractivity contribution in [2.45, 2.75) is 18.9 Å². The number of nitrogens with zero attached hydrogens (tertiary/aromatic N) is 4. The van der Waals surface area contributed by atoms with Gasteiger partial charge in [-0.15, -0.1) is 0 Å². The largest absolute Gasteiger partial charge is 0.493 e. The number of hydrogen-bond acceptors (Lipinski definition) is 8. The topological polar surface area (TPSA) is 97.9 Å². The van der Waals surface area contributed by atoms with Crippen molar-refractivity contribution in [3.05, 3.63) is 65.7 Å². The molecule has 2 aliphatic rings. The van der Waals surface area contributed by atoms with Gasteiger partial charge in [0.1, 0.15) is 6.33 Å². The molecule has 0 radical (unpaired) electrons. The van der Waals surface area contributed by atoms with Gasteiger partial charge in [0.25, 0.3) is 0 Å². The summed E-state index contributed by atoms with van der Waals surface area (Å²) in [5.74, 6) is 0.194. The molecule has 0 bridgehead atoms. The average molecular weight is 416 g/mol. The Balaban J connectivity index is 1.57. The molecule has 1 atom stereocenters. The van der Waals surface area contributed by atoms with Gasteiger partial charge in [0.2, 0.25) is 5.91 Å². The molecule has 158 valence electrons. The van der Waals surface area contributed by atoms with Crippen LogP contribution in [0.3, 0.4) is 0 Å². The number of nitrogens with two attached hydrogens (primary N) is 1. The van der Waals surface area contributed by atoms with E-state index in [1.165, 1.54) is 0 Å². The van der Waals surface area contributed by atoms with Crippen LogP contribution in [0.4, 0.5) is 5.69 Å². The summed E-state index contributed by atoms with van der Waals surface area (Å²) in [4.78, 5) is 15.4. The third-order valence-corrected chi connectivity index (χ3v) is 5.84. The van der Waals surface area contributed by atoms with Crippen molar-refractivity contribution < 1.29 is 9.47 Å². The first-order chi connectivity index (χ1) is 15.1. The quantitative estimate of drug-likeness (QED) is 0.675. The number of aliphatic imine (C=N–C) groups is 1. The Morgan fingerprint density at radius 2 is 2.00 bits per heavy atom. The van der Waals surface area contributed by atoms with E-state index >= 15 is 0 Å². The van der Waals surface area contributed by atoms with Crippen LogP contribution in [0.15, 0.2) is 53.9 Å². The van der Waals surface area contributed by atoms with Crippen LogP contribution in [0.1, 0.15) is 16.8 Å². The van der Waals surface area contributed by atoms with Crippen molar-refractivity contribution in [1.29, 1.82) is 0 Å². The van der Waals surface area contributed by atoms with E-state index in [1.807, 2.05) is 48.8 Å². The molecule has 3 aromatic rings. The van der Waals surface area contributed by atoms with E-state index in [0.717, 1.165) is 46.6 Å². The molecule has 1 aromatic heterocycles. The van der Waals surface area contributed by atoms with Gasteiger partial charge in [0.15, 0.2) is 11.5 Å². The van der Waals surface area contributed by atoms with E-state index in [1.54, 1.807) is 20.5 Å². The van der Waals surface area contributed by atoms with Crippen molar-refractivity contribution >= 4 is 11.9 Å². The smallest absolute Gasteiger partial charge is 0.244 e. The van der Waals surface area contributed by atoms with E-state index in [2.05, 4.69) is 20.2 Å². The highest BCUT2D eigenvalue weighted by atomic mass is 16.5. The molecule has 31 heavy (non-hydrogen) atoms. The summed E-state index contributed by atoms with van der Waals surface area (Å²) in [5.41, 5.74) is 12.6. The van der Waals surface area contributed by atoms with Gasteiger partial charge >= 0.3 is 0 Å². The zero-order valence-electron chi connectivity index (χ0n) is 17.5. The van der Waals surface area contributed by atoms with Gasteiger partial charge < -0.3 is 14.8 Å². The number of nitrogens with one attached hydrogen (secondary N) is 1. The summed E-state index contributed by atoms with van der Waals surface area (Å²) in [6, 6.07) is 12.0. The molecule has 0 saturated heterocycles. The van der Waals surface area contributed by atoms with E-state index < -0.39 is 5.91 Å². The molecule has 8 nitrogen and oxygen atoms in total. The highest BCUT2D eigenvalue weighted by Crippen LogP contribution is 2.45. The fourth-order valence-electron chi connectivity index (χ4n) is 4.23. The zero-order chi connectivity index (χ0) is 21.4. The lowest BCUT2D eigenvalue weighted by Gasteiger charge is -2.42. The second-order valence-corrected chi connectivity index (χ2v) is 7.59. The average Bonchev–Trinajstić information content (AvgIpc) is 2.82. The lowest BCUT2D eigenvalue weighted by molar-refractivity contribution is 0.107. The van der Waals surface area contributed by atoms with Crippen molar-refractivity contribution in [2.24, 2.45) is 10.7 Å². The third kappa shape index (κ3) is 3.30. The van der Waals surface area contributed by atoms with Gasteiger partial charge in [-0.25, -0.2) is 19.9 Å². The first-order valence-corrected chi connectivity index (χ1v) is 10.1. The molecular formula is C23H24N6O2. The monoisotopic (exact) mass is 416 g/mol. The number of rotatable bonds is 4. The van der Waals surface area contributed by atoms with Gasteiger partial charge in [0.05, 0.1) is 25.6 Å². The zero-order valence-corrected chi connectivity index (χ0v) is 17.5. The standard InChI is InChI=1S/C23H24N6O2/c1-30-20-10-18-17(21(22(20)31-2)15-6-4-3-5-7-15)12-27-23(24,28-18)29-9-8-16-11-25-14-26-19(16)13-29/h3-7,10-12,14,28H,8-9,13,24H2,1-2H3. The van der Waals surface area contributed by atoms with Crippen LogP contribution >= 0.6 is 0 Å². The van der Waals surface area contributed by atoms with Crippen LogP contribution in [0.2, 0.25) is 0 Å². The fourth-order valence-corrected chi connectivity index (χ4v) is 4.23. The minimum absolute atomic E-state index is 0.590. The molecule has 0 spiro atoms. The summed E-state index contributed by atoms with van der Waals surface area (Å²) in [5, 5.41) is 3.44. The van der Waals surface area contributed by atoms with Gasteiger partial charge in [-0.1, -0.05) is 30.3 Å². The molecule has 0 amide bonds. The minimum atomic E-state index is -1.09. The fraction of sp³-hybridized carbons (Fsp3) is 0.261. The maximum Gasteiger partial charge on any atom is 0.244 e. The molecule has 3 heterocycles. The van der Waals surface area contributed by atoms with E-state index in [4.69, 9.17) is 20.2 Å². The Hall–Kier alpha value is -3.49. The summed E-state index contributed by atoms with van der Waals surface area (Å²) in [6.07, 6.45) is 6.09. The van der Waals surface area contributed by atoms with E-state index in [-0.39, 0.29) is 0 Å². The molecule has 5 rings (SSSR count). The highest BCUT2D eigenvalue weighted by Gasteiger charge is 2.38. The van der Waals surface area contributed by atoms with Crippen LogP contribution in [0.25, 0.3) is 11.1 Å². The SMILES string of the molecule is COc1cc2c(c(-c3ccccc3)c1OC)C=NC(N)(N1CCc3cncnc3C1)N2. The van der Waals surface area contributed by atoms with Crippen molar-refractivity contribution in [3.8, 4) is 22.6 Å². The van der Waals surface area contributed by atoms with Crippen LogP contribution in [0, 0.1) is 0 Å². The lowest BCUT2D eigenvalue weighted by Crippen LogP contribution is -2.62. The summed E-state index contributed by atoms with van der Waals surface area (Å²) in [7, 11) is 3.28. The summed E-state index contributed by atoms with van der Waals surface area (Å²) >= 11 is 0. The second kappa shape index (κ2) is 7.64. The predicted molar refractivity (Wildman–Crippen MR) is 119 cm³/mol. The van der Waals surface area contributed by atoms with Gasteiger partial charge in [-0.05, 0) is 17.5 Å². The Morgan fingerprint density at radius 1 is 1.16 bits per heavy atom. The maximum absolute atomic E-state index is 6.76. The number of methoxy groups -OCH3 is 2. The van der Waals surface area contributed by atoms with Gasteiger partial charge in [-0.2, -0.15) is 0 Å². The molecule has 1 unspecified atom stereocenters. The Bertz CT molecular complexity index is 1150. The number of aromatic nitrogens is 2. The number of ether oxygens (including phenoxy) is 2. The van der Waals surface area contributed by atoms with Crippen LogP contribution in [-0.2, 0) is 13.0 Å². The Labute approximate surface area is 180 Å². The molecule has 3 N–H and O–H groups in total. The lowest BCUT2D eigenvalue weighted by atomic mass is 9.95. The van der Waals surface area contributed by atoms with Crippen LogP contribution in [-0.4, -0.2) is 47.8 Å². The normalized spacial score (nSPS) is 19.8. The second-order valence-electron chi connectivity index (χ2n) is 7.59. The molecular weight excluding hydrogens is 392 g/mol. The first-order valence-electron chi connectivity index (χ1n) is 10.1. The number of hydrogen-bond donors (Lipinski definition) is 2. The minimum Gasteiger partial charge on any atom is -0.493 e. The van der Waals surface area contributed by atoms with Gasteiger partial charge in [-0.3, -0.25) is 5.73 Å². The first kappa shape index (κ1) is 19.5. The summed E-state index contributed by atoms with van der Waals surface area (Å²) < 4.78 is 11.4. The van der Waals surface area contributed by atoms with Gasteiger partial charge in [0, 0.05) is 42.7 Å². The molecule has 0 fully saturated rings. The number of anilines is 1. The third-order valence-electron chi connectivity index (χ3n) is 5.84. The Kier molecular flexibility index (Phi) is 4.80. The molecule has 0 saturated carbocycles. The highest BCUT2D eigenvalue weighted by molar-refractivity contribution is 6.02. The number of fused-ring (bicyclic) bond motifs is 2. The van der Waals surface area contributed by atoms with Crippen molar-refractivity contribution in [1.82, 2.24) is 14.9 Å². The van der Waals surface area contributed by atoms with Crippen LogP contribution in [0.5, 0.6) is 11.5 Å². The predicted octanol–water partition coefficient (Wildman–Crippen LogP) is 2.63. The molecule has 2 aromatic carbocycles. The van der Waals surface area contributed by atoms with Crippen LogP contribution < -0.4 is 20.5 Å². The van der Waals surface area contributed by atoms with Crippen molar-refractivity contribution in [3.63, 3.8) is 0 Å². The Morgan fingerprint density at radius 3 is 2.77 bits per heavy atom. The molecule has 0 aliphatic carbocycles. The van der Waals surface area contributed by atoms with E-state index in [0.29, 0.717) is 18.0 Å². The van der Waals surface area contributed by atoms with E-state index in [9.17, 15) is 0 Å². The maximum atomic E-state index is 6.76. The molecule has 2 aliphatic heterocycles. The molecule has 8 heteroatoms. The summed E-state index contributed by atoms with van der Waals surface area (Å²) in [6.45, 7) is 1.34.